The average Bonchev–Trinajstić information content (AvgIpc) is 2.45. The normalized spacial score (nSPS) is 10.3. The highest BCUT2D eigenvalue weighted by atomic mass is 16.2. The minimum absolute atomic E-state index is 0.00178. The van der Waals surface area contributed by atoms with Gasteiger partial charge in [-0.3, -0.25) is 9.59 Å². The summed E-state index contributed by atoms with van der Waals surface area (Å²) in [4.78, 5) is 23.3. The SMILES string of the molecule is CCC(CC)C(=O)NCC(=O)NCc1ccccc1. The third kappa shape index (κ3) is 5.55. The Morgan fingerprint density at radius 2 is 1.68 bits per heavy atom. The molecule has 0 radical (unpaired) electrons. The van der Waals surface area contributed by atoms with Crippen LogP contribution in [0.4, 0.5) is 0 Å². The van der Waals surface area contributed by atoms with Gasteiger partial charge in [0.2, 0.25) is 11.8 Å². The van der Waals surface area contributed by atoms with Crippen LogP contribution in [0.5, 0.6) is 0 Å². The molecule has 1 aromatic carbocycles. The van der Waals surface area contributed by atoms with Crippen LogP contribution >= 0.6 is 0 Å². The summed E-state index contributed by atoms with van der Waals surface area (Å²) in [6.45, 7) is 4.48. The number of amides is 2. The summed E-state index contributed by atoms with van der Waals surface area (Å²) >= 11 is 0. The maximum atomic E-state index is 11.7. The van der Waals surface area contributed by atoms with Crippen molar-refractivity contribution in [2.75, 3.05) is 6.54 Å². The maximum Gasteiger partial charge on any atom is 0.239 e. The quantitative estimate of drug-likeness (QED) is 0.788. The average molecular weight is 262 g/mol. The zero-order valence-corrected chi connectivity index (χ0v) is 11.6. The summed E-state index contributed by atoms with van der Waals surface area (Å²) in [6.07, 6.45) is 1.60. The first-order chi connectivity index (χ1) is 9.17. The molecule has 1 aromatic rings. The molecule has 19 heavy (non-hydrogen) atoms. The van der Waals surface area contributed by atoms with Crippen LogP contribution in [0.3, 0.4) is 0 Å². The van der Waals surface area contributed by atoms with E-state index in [-0.39, 0.29) is 24.3 Å². The molecule has 0 bridgehead atoms. The van der Waals surface area contributed by atoms with Crippen molar-refractivity contribution in [3.05, 3.63) is 35.9 Å². The zero-order valence-electron chi connectivity index (χ0n) is 11.6. The Hall–Kier alpha value is -1.84. The zero-order chi connectivity index (χ0) is 14.1. The smallest absolute Gasteiger partial charge is 0.239 e. The van der Waals surface area contributed by atoms with Gasteiger partial charge in [-0.2, -0.15) is 0 Å². The number of carbonyl (C=O) groups is 2. The van der Waals surface area contributed by atoms with Crippen molar-refractivity contribution in [2.24, 2.45) is 5.92 Å². The third-order valence-electron chi connectivity index (χ3n) is 3.11. The molecule has 0 heterocycles. The van der Waals surface area contributed by atoms with Gasteiger partial charge in [0.05, 0.1) is 6.54 Å². The number of nitrogens with one attached hydrogen (secondary N) is 2. The van der Waals surface area contributed by atoms with Crippen LogP contribution < -0.4 is 10.6 Å². The first-order valence-electron chi connectivity index (χ1n) is 6.75. The second-order valence-electron chi connectivity index (χ2n) is 4.49. The third-order valence-corrected chi connectivity index (χ3v) is 3.11. The van der Waals surface area contributed by atoms with Crippen molar-refractivity contribution < 1.29 is 9.59 Å². The molecule has 0 unspecified atom stereocenters. The molecule has 0 aliphatic carbocycles. The lowest BCUT2D eigenvalue weighted by atomic mass is 10.0. The van der Waals surface area contributed by atoms with Crippen molar-refractivity contribution in [2.45, 2.75) is 33.2 Å². The van der Waals surface area contributed by atoms with E-state index in [0.717, 1.165) is 18.4 Å². The number of benzene rings is 1. The summed E-state index contributed by atoms with van der Waals surface area (Å²) in [5.74, 6) is -0.204. The van der Waals surface area contributed by atoms with Gasteiger partial charge in [0.25, 0.3) is 0 Å². The monoisotopic (exact) mass is 262 g/mol. The molecule has 0 aliphatic rings. The summed E-state index contributed by atoms with van der Waals surface area (Å²) < 4.78 is 0. The van der Waals surface area contributed by atoms with E-state index in [1.807, 2.05) is 44.2 Å². The Balaban J connectivity index is 2.26. The summed E-state index contributed by atoms with van der Waals surface area (Å²) in [7, 11) is 0. The molecule has 0 spiro atoms. The lowest BCUT2D eigenvalue weighted by molar-refractivity contribution is -0.128. The molecule has 0 aliphatic heterocycles. The van der Waals surface area contributed by atoms with Crippen LogP contribution in [0.2, 0.25) is 0 Å². The van der Waals surface area contributed by atoms with E-state index in [1.165, 1.54) is 0 Å². The van der Waals surface area contributed by atoms with Gasteiger partial charge >= 0.3 is 0 Å². The van der Waals surface area contributed by atoms with Gasteiger partial charge in [-0.25, -0.2) is 0 Å². The highest BCUT2D eigenvalue weighted by Crippen LogP contribution is 2.06. The second kappa shape index (κ2) is 8.29. The lowest BCUT2D eigenvalue weighted by Crippen LogP contribution is -2.39. The largest absolute Gasteiger partial charge is 0.350 e. The molecule has 1 rings (SSSR count). The molecular weight excluding hydrogens is 240 g/mol. The van der Waals surface area contributed by atoms with Gasteiger partial charge < -0.3 is 10.6 Å². The highest BCUT2D eigenvalue weighted by molar-refractivity contribution is 5.85. The van der Waals surface area contributed by atoms with E-state index < -0.39 is 0 Å². The summed E-state index contributed by atoms with van der Waals surface area (Å²) in [5, 5.41) is 5.45. The van der Waals surface area contributed by atoms with E-state index >= 15 is 0 Å². The molecule has 2 amide bonds. The summed E-state index contributed by atoms with van der Waals surface area (Å²) in [6, 6.07) is 9.68. The topological polar surface area (TPSA) is 58.2 Å². The first-order valence-corrected chi connectivity index (χ1v) is 6.75. The van der Waals surface area contributed by atoms with Crippen LogP contribution in [0.25, 0.3) is 0 Å². The van der Waals surface area contributed by atoms with Gasteiger partial charge in [-0.15, -0.1) is 0 Å². The molecule has 0 atom stereocenters. The van der Waals surface area contributed by atoms with Gasteiger partial charge in [0.1, 0.15) is 0 Å². The Bertz CT molecular complexity index is 400. The van der Waals surface area contributed by atoms with Crippen LogP contribution in [-0.4, -0.2) is 18.4 Å². The predicted molar refractivity (Wildman–Crippen MR) is 75.4 cm³/mol. The molecule has 4 heteroatoms. The van der Waals surface area contributed by atoms with Crippen molar-refractivity contribution in [3.63, 3.8) is 0 Å². The van der Waals surface area contributed by atoms with Gasteiger partial charge in [0.15, 0.2) is 0 Å². The Labute approximate surface area is 114 Å². The van der Waals surface area contributed by atoms with Crippen molar-refractivity contribution >= 4 is 11.8 Å². The molecule has 0 aromatic heterocycles. The van der Waals surface area contributed by atoms with Gasteiger partial charge in [0, 0.05) is 12.5 Å². The fraction of sp³-hybridized carbons (Fsp3) is 0.467. The molecule has 2 N–H and O–H groups in total. The van der Waals surface area contributed by atoms with E-state index in [4.69, 9.17) is 0 Å². The van der Waals surface area contributed by atoms with Crippen LogP contribution in [0.1, 0.15) is 32.3 Å². The van der Waals surface area contributed by atoms with Gasteiger partial charge in [-0.05, 0) is 18.4 Å². The van der Waals surface area contributed by atoms with E-state index in [1.54, 1.807) is 0 Å². The highest BCUT2D eigenvalue weighted by Gasteiger charge is 2.14. The van der Waals surface area contributed by atoms with E-state index in [9.17, 15) is 9.59 Å². The second-order valence-corrected chi connectivity index (χ2v) is 4.49. The fourth-order valence-electron chi connectivity index (χ4n) is 1.83. The Kier molecular flexibility index (Phi) is 6.64. The Morgan fingerprint density at radius 1 is 1.05 bits per heavy atom. The molecule has 4 nitrogen and oxygen atoms in total. The van der Waals surface area contributed by atoms with Gasteiger partial charge in [-0.1, -0.05) is 44.2 Å². The fourth-order valence-corrected chi connectivity index (χ4v) is 1.83. The standard InChI is InChI=1S/C15H22N2O2/c1-3-13(4-2)15(19)17-11-14(18)16-10-12-8-6-5-7-9-12/h5-9,13H,3-4,10-11H2,1-2H3,(H,16,18)(H,17,19). The van der Waals surface area contributed by atoms with Crippen molar-refractivity contribution in [1.82, 2.24) is 10.6 Å². The minimum Gasteiger partial charge on any atom is -0.350 e. The van der Waals surface area contributed by atoms with Crippen LogP contribution in [0, 0.1) is 5.92 Å². The van der Waals surface area contributed by atoms with E-state index in [0.29, 0.717) is 6.54 Å². The number of hydrogen-bond acceptors (Lipinski definition) is 2. The minimum atomic E-state index is -0.164. The number of rotatable bonds is 7. The van der Waals surface area contributed by atoms with Crippen LogP contribution in [0.15, 0.2) is 30.3 Å². The number of hydrogen-bond donors (Lipinski definition) is 2. The molecule has 0 fully saturated rings. The van der Waals surface area contributed by atoms with Crippen molar-refractivity contribution in [3.8, 4) is 0 Å². The maximum absolute atomic E-state index is 11.7. The molecule has 0 saturated heterocycles. The predicted octanol–water partition coefficient (Wildman–Crippen LogP) is 1.86. The van der Waals surface area contributed by atoms with E-state index in [2.05, 4.69) is 10.6 Å². The number of carbonyl (C=O) groups excluding carboxylic acids is 2. The molecule has 0 saturated carbocycles. The molecular formula is C15H22N2O2. The summed E-state index contributed by atoms with van der Waals surface area (Å²) in [5.41, 5.74) is 1.04. The molecule has 104 valence electrons. The first kappa shape index (κ1) is 15.2. The lowest BCUT2D eigenvalue weighted by Gasteiger charge is -2.12. The van der Waals surface area contributed by atoms with Crippen LogP contribution in [-0.2, 0) is 16.1 Å². The Morgan fingerprint density at radius 3 is 2.26 bits per heavy atom. The van der Waals surface area contributed by atoms with Crippen molar-refractivity contribution in [1.29, 1.82) is 0 Å².